The van der Waals surface area contributed by atoms with Gasteiger partial charge in [-0.05, 0) is 43.0 Å². The highest BCUT2D eigenvalue weighted by Gasteiger charge is 2.28. The number of aromatic nitrogens is 2. The number of anilines is 2. The van der Waals surface area contributed by atoms with E-state index in [4.69, 9.17) is 0 Å². The highest BCUT2D eigenvalue weighted by molar-refractivity contribution is 5.90. The number of imidazole rings is 1. The van der Waals surface area contributed by atoms with Gasteiger partial charge in [-0.2, -0.15) is 5.26 Å². The van der Waals surface area contributed by atoms with Gasteiger partial charge in [0.1, 0.15) is 6.07 Å². The van der Waals surface area contributed by atoms with Crippen molar-refractivity contribution in [1.29, 1.82) is 5.26 Å². The van der Waals surface area contributed by atoms with Crippen LogP contribution in [0.1, 0.15) is 36.4 Å². The molecule has 7 nitrogen and oxygen atoms in total. The molecular formula is C24H24N6O. The fourth-order valence-corrected chi connectivity index (χ4v) is 4.61. The first-order valence-corrected chi connectivity index (χ1v) is 10.7. The van der Waals surface area contributed by atoms with Crippen LogP contribution in [0.25, 0.3) is 11.3 Å². The van der Waals surface area contributed by atoms with Gasteiger partial charge in [0, 0.05) is 30.9 Å². The molecule has 0 spiro atoms. The second kappa shape index (κ2) is 8.15. The first-order chi connectivity index (χ1) is 15.2. The summed E-state index contributed by atoms with van der Waals surface area (Å²) < 4.78 is 2.10. The molecule has 2 aliphatic heterocycles. The van der Waals surface area contributed by atoms with Crippen molar-refractivity contribution in [2.75, 3.05) is 29.9 Å². The molecule has 1 fully saturated rings. The van der Waals surface area contributed by atoms with E-state index >= 15 is 0 Å². The first kappa shape index (κ1) is 19.2. The fourth-order valence-electron chi connectivity index (χ4n) is 4.61. The third-order valence-corrected chi connectivity index (χ3v) is 6.13. The summed E-state index contributed by atoms with van der Waals surface area (Å²) in [5.74, 6) is 0. The Bertz CT molecular complexity index is 1150. The number of piperidine rings is 1. The minimum atomic E-state index is -0.264. The van der Waals surface area contributed by atoms with Gasteiger partial charge in [-0.1, -0.05) is 24.3 Å². The Hall–Kier alpha value is -3.79. The normalized spacial score (nSPS) is 16.9. The molecule has 1 unspecified atom stereocenters. The van der Waals surface area contributed by atoms with Gasteiger partial charge in [0.15, 0.2) is 0 Å². The second-order valence-electron chi connectivity index (χ2n) is 8.02. The van der Waals surface area contributed by atoms with Crippen molar-refractivity contribution in [2.45, 2.75) is 25.3 Å². The van der Waals surface area contributed by atoms with Crippen molar-refractivity contribution in [3.63, 3.8) is 0 Å². The Morgan fingerprint density at radius 2 is 2.00 bits per heavy atom. The lowest BCUT2D eigenvalue weighted by molar-refractivity contribution is 0.251. The number of benzene rings is 2. The molecule has 3 aromatic rings. The van der Waals surface area contributed by atoms with E-state index in [1.165, 1.54) is 12.0 Å². The lowest BCUT2D eigenvalue weighted by atomic mass is 10.0. The number of nitriles is 1. The number of carbonyl (C=O) groups excluding carboxylic acids is 1. The van der Waals surface area contributed by atoms with Gasteiger partial charge in [-0.15, -0.1) is 0 Å². The average Bonchev–Trinajstić information content (AvgIpc) is 3.40. The van der Waals surface area contributed by atoms with Crippen LogP contribution in [0.5, 0.6) is 0 Å². The summed E-state index contributed by atoms with van der Waals surface area (Å²) in [6.07, 6.45) is 7.15. The summed E-state index contributed by atoms with van der Waals surface area (Å²) in [5, 5.41) is 15.4. The molecule has 3 heterocycles. The number of hydrogen-bond donors (Lipinski definition) is 2. The summed E-state index contributed by atoms with van der Waals surface area (Å²) in [5.41, 5.74) is 5.64. The number of hydrogen-bond acceptors (Lipinski definition) is 4. The zero-order valence-electron chi connectivity index (χ0n) is 17.2. The Kier molecular flexibility index (Phi) is 5.04. The number of nitrogens with one attached hydrogen (secondary N) is 2. The van der Waals surface area contributed by atoms with E-state index in [-0.39, 0.29) is 12.1 Å². The Balaban J connectivity index is 1.28. The predicted octanol–water partition coefficient (Wildman–Crippen LogP) is 4.14. The maximum atomic E-state index is 12.6. The quantitative estimate of drug-likeness (QED) is 0.674. The molecule has 0 aliphatic carbocycles. The predicted molar refractivity (Wildman–Crippen MR) is 120 cm³/mol. The molecule has 7 heteroatoms. The third kappa shape index (κ3) is 3.61. The summed E-state index contributed by atoms with van der Waals surface area (Å²) in [6.45, 7) is 2.35. The molecule has 156 valence electrons. The van der Waals surface area contributed by atoms with E-state index in [0.717, 1.165) is 42.9 Å². The maximum Gasteiger partial charge on any atom is 0.319 e. The summed E-state index contributed by atoms with van der Waals surface area (Å²) >= 11 is 0. The van der Waals surface area contributed by atoms with E-state index in [1.54, 1.807) is 12.1 Å². The molecule has 1 atom stereocenters. The molecule has 2 N–H and O–H groups in total. The van der Waals surface area contributed by atoms with Crippen LogP contribution in [0, 0.1) is 11.3 Å². The van der Waals surface area contributed by atoms with Crippen LogP contribution in [0.15, 0.2) is 55.0 Å². The molecule has 31 heavy (non-hydrogen) atoms. The molecule has 1 aromatic heterocycles. The van der Waals surface area contributed by atoms with E-state index < -0.39 is 0 Å². The Labute approximate surface area is 181 Å². The van der Waals surface area contributed by atoms with E-state index in [1.807, 2.05) is 30.7 Å². The molecule has 0 radical (unpaired) electrons. The second-order valence-corrected chi connectivity index (χ2v) is 8.02. The van der Waals surface area contributed by atoms with Gasteiger partial charge < -0.3 is 20.1 Å². The summed E-state index contributed by atoms with van der Waals surface area (Å²) in [6, 6.07) is 15.7. The topological polar surface area (TPSA) is 86.0 Å². The third-order valence-electron chi connectivity index (χ3n) is 6.13. The largest absolute Gasteiger partial charge is 0.370 e. The highest BCUT2D eigenvalue weighted by Crippen LogP contribution is 2.38. The van der Waals surface area contributed by atoms with Crippen molar-refractivity contribution in [3.8, 4) is 17.3 Å². The molecule has 2 aromatic carbocycles. The van der Waals surface area contributed by atoms with Gasteiger partial charge in [-0.3, -0.25) is 0 Å². The van der Waals surface area contributed by atoms with Crippen molar-refractivity contribution < 1.29 is 4.79 Å². The Morgan fingerprint density at radius 3 is 2.84 bits per heavy atom. The number of urea groups is 1. The lowest BCUT2D eigenvalue weighted by Gasteiger charge is -2.29. The van der Waals surface area contributed by atoms with Crippen LogP contribution < -0.4 is 15.5 Å². The molecule has 0 saturated carbocycles. The van der Waals surface area contributed by atoms with Gasteiger partial charge in [0.05, 0.1) is 35.5 Å². The SMILES string of the molecule is N#Cc1ccc(NC(=O)NCC2c3ccccc3-c3cncn32)cc1N1CCCCC1. The number of amides is 2. The number of nitrogens with zero attached hydrogens (tertiary/aromatic N) is 4. The minimum Gasteiger partial charge on any atom is -0.370 e. The van der Waals surface area contributed by atoms with Crippen molar-refractivity contribution in [3.05, 3.63) is 66.1 Å². The highest BCUT2D eigenvalue weighted by atomic mass is 16.2. The van der Waals surface area contributed by atoms with Gasteiger partial charge >= 0.3 is 6.03 Å². The average molecular weight is 412 g/mol. The van der Waals surface area contributed by atoms with E-state index in [9.17, 15) is 10.1 Å². The maximum absolute atomic E-state index is 12.6. The fraction of sp³-hybridized carbons (Fsp3) is 0.292. The number of fused-ring (bicyclic) bond motifs is 3. The summed E-state index contributed by atoms with van der Waals surface area (Å²) in [7, 11) is 0. The van der Waals surface area contributed by atoms with Crippen LogP contribution in [-0.4, -0.2) is 35.2 Å². The van der Waals surface area contributed by atoms with Crippen LogP contribution >= 0.6 is 0 Å². The number of carbonyl (C=O) groups is 1. The van der Waals surface area contributed by atoms with Crippen molar-refractivity contribution in [1.82, 2.24) is 14.9 Å². The van der Waals surface area contributed by atoms with Crippen LogP contribution in [0.3, 0.4) is 0 Å². The van der Waals surface area contributed by atoms with Gasteiger partial charge in [0.25, 0.3) is 0 Å². The van der Waals surface area contributed by atoms with Crippen molar-refractivity contribution in [2.24, 2.45) is 0 Å². The Morgan fingerprint density at radius 1 is 1.16 bits per heavy atom. The molecule has 2 aliphatic rings. The molecule has 2 amide bonds. The molecule has 0 bridgehead atoms. The van der Waals surface area contributed by atoms with Crippen LogP contribution in [0.4, 0.5) is 16.2 Å². The van der Waals surface area contributed by atoms with Crippen LogP contribution in [-0.2, 0) is 0 Å². The minimum absolute atomic E-state index is 0.0179. The van der Waals surface area contributed by atoms with Crippen molar-refractivity contribution >= 4 is 17.4 Å². The first-order valence-electron chi connectivity index (χ1n) is 10.7. The van der Waals surface area contributed by atoms with Gasteiger partial charge in [0.2, 0.25) is 0 Å². The van der Waals surface area contributed by atoms with E-state index in [2.05, 4.69) is 43.3 Å². The zero-order chi connectivity index (χ0) is 21.2. The zero-order valence-corrected chi connectivity index (χ0v) is 17.2. The standard InChI is InChI=1S/C24H24N6O/c25-13-17-8-9-18(12-21(17)29-10-4-1-5-11-29)28-24(31)27-15-23-20-7-3-2-6-19(20)22-14-26-16-30(22)23/h2-3,6-9,12,14,16,23H,1,4-5,10-11,15H2,(H2,27,28,31). The smallest absolute Gasteiger partial charge is 0.319 e. The monoisotopic (exact) mass is 412 g/mol. The molecular weight excluding hydrogens is 388 g/mol. The summed E-state index contributed by atoms with van der Waals surface area (Å²) in [4.78, 5) is 19.1. The van der Waals surface area contributed by atoms with Gasteiger partial charge in [-0.25, -0.2) is 9.78 Å². The number of rotatable bonds is 4. The molecule has 1 saturated heterocycles. The van der Waals surface area contributed by atoms with E-state index in [0.29, 0.717) is 17.8 Å². The molecule has 5 rings (SSSR count). The van der Waals surface area contributed by atoms with Crippen LogP contribution in [0.2, 0.25) is 0 Å². The lowest BCUT2D eigenvalue weighted by Crippen LogP contribution is -2.34.